The number of amides is 1. The van der Waals surface area contributed by atoms with E-state index >= 15 is 0 Å². The smallest absolute Gasteiger partial charge is 0.245 e. The van der Waals surface area contributed by atoms with Gasteiger partial charge in [-0.2, -0.15) is 0 Å². The van der Waals surface area contributed by atoms with E-state index in [2.05, 4.69) is 22.6 Å². The van der Waals surface area contributed by atoms with E-state index in [0.717, 1.165) is 31.1 Å². The number of hydrogen-bond donors (Lipinski definition) is 2. The van der Waals surface area contributed by atoms with Crippen molar-refractivity contribution in [3.63, 3.8) is 0 Å². The molecule has 0 aliphatic carbocycles. The molecule has 1 amide bonds. The number of likely N-dealkylation sites (N-methyl/N-ethyl adjacent to an activating group) is 1. The van der Waals surface area contributed by atoms with Crippen LogP contribution in [-0.4, -0.2) is 64.0 Å². The van der Waals surface area contributed by atoms with Crippen LogP contribution >= 0.6 is 58.4 Å². The molecule has 2 N–H and O–H groups in total. The lowest BCUT2D eigenvalue weighted by molar-refractivity contribution is -0.117. The van der Waals surface area contributed by atoms with Crippen molar-refractivity contribution in [1.29, 1.82) is 0 Å². The largest absolute Gasteiger partial charge is 0.347 e. The highest BCUT2D eigenvalue weighted by Gasteiger charge is 2.35. The summed E-state index contributed by atoms with van der Waals surface area (Å²) in [4.78, 5) is 17.3. The maximum Gasteiger partial charge on any atom is 0.245 e. The van der Waals surface area contributed by atoms with E-state index in [1.54, 1.807) is 6.08 Å². The van der Waals surface area contributed by atoms with Gasteiger partial charge in [-0.15, -0.1) is 11.3 Å². The fraction of sp³-hybridized carbons (Fsp3) is 0.467. The first kappa shape index (κ1) is 20.7. The molecule has 0 saturated carbocycles. The van der Waals surface area contributed by atoms with E-state index in [1.807, 2.05) is 22.4 Å². The summed E-state index contributed by atoms with van der Waals surface area (Å²) < 4.78 is -1.75. The molecule has 2 heterocycles. The number of carbonyl (C=O) groups is 1. The molecule has 1 aromatic rings. The number of thiophene rings is 1. The van der Waals surface area contributed by atoms with Gasteiger partial charge in [-0.25, -0.2) is 0 Å². The molecular formula is C15H19Cl3N4OS2. The van der Waals surface area contributed by atoms with Gasteiger partial charge in [-0.05, 0) is 36.8 Å². The molecular weight excluding hydrogens is 423 g/mol. The van der Waals surface area contributed by atoms with E-state index in [1.165, 1.54) is 17.4 Å². The van der Waals surface area contributed by atoms with Crippen LogP contribution in [0.2, 0.25) is 0 Å². The predicted octanol–water partition coefficient (Wildman–Crippen LogP) is 2.70. The average Bonchev–Trinajstić information content (AvgIpc) is 3.05. The topological polar surface area (TPSA) is 47.6 Å². The number of nitrogens with zero attached hydrogens (tertiary/aromatic N) is 2. The molecule has 1 atom stereocenters. The molecule has 0 spiro atoms. The van der Waals surface area contributed by atoms with Crippen molar-refractivity contribution in [2.24, 2.45) is 0 Å². The molecule has 25 heavy (non-hydrogen) atoms. The van der Waals surface area contributed by atoms with Crippen LogP contribution in [0, 0.1) is 0 Å². The Kier molecular flexibility index (Phi) is 7.79. The van der Waals surface area contributed by atoms with Crippen LogP contribution < -0.4 is 10.6 Å². The van der Waals surface area contributed by atoms with Crippen molar-refractivity contribution in [3.8, 4) is 0 Å². The third kappa shape index (κ3) is 6.92. The number of alkyl halides is 3. The highest BCUT2D eigenvalue weighted by atomic mass is 35.6. The Morgan fingerprint density at radius 3 is 2.56 bits per heavy atom. The van der Waals surface area contributed by atoms with Gasteiger partial charge in [0.05, 0.1) is 0 Å². The number of carbonyl (C=O) groups excluding carboxylic acids is 1. The maximum atomic E-state index is 12.1. The highest BCUT2D eigenvalue weighted by Crippen LogP contribution is 2.29. The fourth-order valence-electron chi connectivity index (χ4n) is 2.16. The van der Waals surface area contributed by atoms with E-state index < -0.39 is 9.96 Å². The van der Waals surface area contributed by atoms with Crippen LogP contribution in [0.1, 0.15) is 4.88 Å². The normalized spacial score (nSPS) is 17.5. The molecule has 1 fully saturated rings. The number of halogens is 3. The Labute approximate surface area is 171 Å². The molecule has 0 radical (unpaired) electrons. The van der Waals surface area contributed by atoms with E-state index in [0.29, 0.717) is 5.11 Å². The molecule has 10 heteroatoms. The van der Waals surface area contributed by atoms with Gasteiger partial charge in [-0.1, -0.05) is 40.9 Å². The SMILES string of the molecule is CN1CCN(C(=S)NC(NC(=O)/C=C/c2cccs2)C(Cl)(Cl)Cl)CC1. The van der Waals surface area contributed by atoms with Gasteiger partial charge >= 0.3 is 0 Å². The first-order valence-electron chi connectivity index (χ1n) is 7.58. The minimum atomic E-state index is -1.75. The summed E-state index contributed by atoms with van der Waals surface area (Å²) in [6, 6.07) is 3.81. The Balaban J connectivity index is 1.94. The van der Waals surface area contributed by atoms with Gasteiger partial charge in [0.2, 0.25) is 9.70 Å². The zero-order valence-electron chi connectivity index (χ0n) is 13.5. The number of hydrogen-bond acceptors (Lipinski definition) is 4. The zero-order chi connectivity index (χ0) is 18.4. The second kappa shape index (κ2) is 9.39. The van der Waals surface area contributed by atoms with Gasteiger partial charge in [0.25, 0.3) is 0 Å². The van der Waals surface area contributed by atoms with Crippen molar-refractivity contribution in [2.75, 3.05) is 33.2 Å². The minimum Gasteiger partial charge on any atom is -0.347 e. The first-order chi connectivity index (χ1) is 11.8. The fourth-order valence-corrected chi connectivity index (χ4v) is 3.40. The second-order valence-electron chi connectivity index (χ2n) is 5.57. The number of piperazine rings is 1. The van der Waals surface area contributed by atoms with Crippen LogP contribution in [0.25, 0.3) is 6.08 Å². The summed E-state index contributed by atoms with van der Waals surface area (Å²) in [6.45, 7) is 3.36. The standard InChI is InChI=1S/C15H19Cl3N4OS2/c1-21-6-8-22(9-7-21)14(24)20-13(15(16,17)18)19-12(23)5-4-11-3-2-10-25-11/h2-5,10,13H,6-9H2,1H3,(H,19,23)(H,20,24)/b5-4+. The molecule has 0 aromatic carbocycles. The molecule has 1 aliphatic heterocycles. The summed E-state index contributed by atoms with van der Waals surface area (Å²) in [5.41, 5.74) is 0. The molecule has 1 saturated heterocycles. The molecule has 0 bridgehead atoms. The first-order valence-corrected chi connectivity index (χ1v) is 10.0. The molecule has 1 aromatic heterocycles. The van der Waals surface area contributed by atoms with Crippen LogP contribution in [0.15, 0.2) is 23.6 Å². The van der Waals surface area contributed by atoms with Crippen LogP contribution in [0.3, 0.4) is 0 Å². The van der Waals surface area contributed by atoms with Crippen molar-refractivity contribution in [3.05, 3.63) is 28.5 Å². The minimum absolute atomic E-state index is 0.376. The number of rotatable bonds is 4. The van der Waals surface area contributed by atoms with E-state index in [9.17, 15) is 4.79 Å². The van der Waals surface area contributed by atoms with Gasteiger partial charge in [-0.3, -0.25) is 4.79 Å². The molecule has 138 valence electrons. The molecule has 2 rings (SSSR count). The van der Waals surface area contributed by atoms with Gasteiger partial charge in [0, 0.05) is 37.1 Å². The van der Waals surface area contributed by atoms with E-state index in [-0.39, 0.29) is 5.91 Å². The summed E-state index contributed by atoms with van der Waals surface area (Å²) >= 11 is 24.9. The third-order valence-electron chi connectivity index (χ3n) is 3.61. The van der Waals surface area contributed by atoms with Crippen molar-refractivity contribution >= 4 is 75.5 Å². The van der Waals surface area contributed by atoms with Gasteiger partial charge in [0.1, 0.15) is 6.17 Å². The zero-order valence-corrected chi connectivity index (χ0v) is 17.4. The Morgan fingerprint density at radius 2 is 2.00 bits per heavy atom. The highest BCUT2D eigenvalue weighted by molar-refractivity contribution is 7.80. The lowest BCUT2D eigenvalue weighted by Crippen LogP contribution is -2.59. The van der Waals surface area contributed by atoms with Crippen molar-refractivity contribution < 1.29 is 4.79 Å². The van der Waals surface area contributed by atoms with Gasteiger partial charge in [0.15, 0.2) is 5.11 Å². The van der Waals surface area contributed by atoms with Crippen LogP contribution in [0.5, 0.6) is 0 Å². The van der Waals surface area contributed by atoms with Crippen molar-refractivity contribution in [2.45, 2.75) is 9.96 Å². The molecule has 5 nitrogen and oxygen atoms in total. The Morgan fingerprint density at radius 1 is 1.32 bits per heavy atom. The lowest BCUT2D eigenvalue weighted by atomic mass is 10.3. The predicted molar refractivity (Wildman–Crippen MR) is 110 cm³/mol. The Hall–Kier alpha value is -0.570. The Bertz CT molecular complexity index is 611. The van der Waals surface area contributed by atoms with Crippen molar-refractivity contribution in [1.82, 2.24) is 20.4 Å². The number of nitrogens with one attached hydrogen (secondary N) is 2. The third-order valence-corrected chi connectivity index (χ3v) is 5.48. The van der Waals surface area contributed by atoms with Crippen LogP contribution in [-0.2, 0) is 4.79 Å². The van der Waals surface area contributed by atoms with E-state index in [4.69, 9.17) is 47.0 Å². The molecule has 1 unspecified atom stereocenters. The summed E-state index contributed by atoms with van der Waals surface area (Å²) in [7, 11) is 2.05. The van der Waals surface area contributed by atoms with Crippen LogP contribution in [0.4, 0.5) is 0 Å². The summed E-state index contributed by atoms with van der Waals surface area (Å²) in [5.74, 6) is -0.376. The van der Waals surface area contributed by atoms with Gasteiger partial charge < -0.3 is 20.4 Å². The second-order valence-corrected chi connectivity index (χ2v) is 9.31. The summed E-state index contributed by atoms with van der Waals surface area (Å²) in [5, 5.41) is 7.97. The average molecular weight is 442 g/mol. The summed E-state index contributed by atoms with van der Waals surface area (Å²) in [6.07, 6.45) is 2.16. The maximum absolute atomic E-state index is 12.1. The molecule has 1 aliphatic rings. The lowest BCUT2D eigenvalue weighted by Gasteiger charge is -2.36. The number of thiocarbonyl (C=S) groups is 1. The quantitative estimate of drug-likeness (QED) is 0.326. The monoisotopic (exact) mass is 440 g/mol.